The van der Waals surface area contributed by atoms with E-state index in [1.165, 1.54) is 26.8 Å². The second-order valence-electron chi connectivity index (χ2n) is 3.48. The van der Waals surface area contributed by atoms with Gasteiger partial charge >= 0.3 is 0 Å². The first-order chi connectivity index (χ1) is 8.63. The van der Waals surface area contributed by atoms with Crippen LogP contribution in [0.2, 0.25) is 0 Å². The molecular weight excluding hydrogens is 337 g/mol. The second-order valence-corrected chi connectivity index (χ2v) is 10.8. The van der Waals surface area contributed by atoms with Crippen molar-refractivity contribution in [1.82, 2.24) is 0 Å². The van der Waals surface area contributed by atoms with Gasteiger partial charge in [0.15, 0.2) is 0 Å². The van der Waals surface area contributed by atoms with Crippen LogP contribution in [0, 0.1) is 0 Å². The zero-order valence-electron chi connectivity index (χ0n) is 10.6. The summed E-state index contributed by atoms with van der Waals surface area (Å²) in [6.45, 7) is 4.40. The highest BCUT2D eigenvalue weighted by atomic mass is 32.2. The summed E-state index contributed by atoms with van der Waals surface area (Å²) in [6.07, 6.45) is 8.81. The maximum atomic E-state index is 2.26. The molecule has 6 heteroatoms. The zero-order valence-corrected chi connectivity index (χ0v) is 15.5. The minimum absolute atomic E-state index is 1.39. The van der Waals surface area contributed by atoms with Crippen LogP contribution in [0.1, 0.15) is 13.8 Å². The first-order valence-corrected chi connectivity index (χ1v) is 11.0. The summed E-state index contributed by atoms with van der Waals surface area (Å²) in [5.41, 5.74) is 0. The van der Waals surface area contributed by atoms with Crippen LogP contribution in [0.3, 0.4) is 0 Å². The third kappa shape index (κ3) is 3.79. The lowest BCUT2D eigenvalue weighted by Gasteiger charge is -1.95. The molecule has 18 heavy (non-hydrogen) atoms. The summed E-state index contributed by atoms with van der Waals surface area (Å²) in [6, 6.07) is 0. The number of hydrogen-bond donors (Lipinski definition) is 0. The lowest BCUT2D eigenvalue weighted by molar-refractivity contribution is 1.71. The molecule has 2 aliphatic rings. The minimum Gasteiger partial charge on any atom is -0.122 e. The van der Waals surface area contributed by atoms with Gasteiger partial charge in [-0.05, 0) is 38.5 Å². The van der Waals surface area contributed by atoms with Crippen molar-refractivity contribution >= 4 is 70.6 Å². The van der Waals surface area contributed by atoms with Crippen LogP contribution in [0.25, 0.3) is 0 Å². The smallest absolute Gasteiger partial charge is 0.0548 e. The Morgan fingerprint density at radius 2 is 1.11 bits per heavy atom. The van der Waals surface area contributed by atoms with E-state index in [4.69, 9.17) is 0 Å². The third-order valence-electron chi connectivity index (χ3n) is 2.20. The zero-order chi connectivity index (χ0) is 13.1. The molecule has 0 radical (unpaired) electrons. The largest absolute Gasteiger partial charge is 0.122 e. The van der Waals surface area contributed by atoms with E-state index in [2.05, 4.69) is 38.5 Å². The van der Waals surface area contributed by atoms with E-state index in [-0.39, 0.29) is 0 Å². The molecule has 0 saturated heterocycles. The van der Waals surface area contributed by atoms with Crippen molar-refractivity contribution in [3.63, 3.8) is 0 Å². The van der Waals surface area contributed by atoms with Crippen molar-refractivity contribution in [2.75, 3.05) is 12.5 Å². The second kappa shape index (κ2) is 7.18. The normalized spacial score (nSPS) is 25.1. The van der Waals surface area contributed by atoms with E-state index in [1.54, 1.807) is 0 Å². The minimum atomic E-state index is 1.39. The highest BCUT2D eigenvalue weighted by Gasteiger charge is 2.18. The van der Waals surface area contributed by atoms with Crippen LogP contribution in [0.15, 0.2) is 38.9 Å². The van der Waals surface area contributed by atoms with Gasteiger partial charge in [-0.1, -0.05) is 47.0 Å². The van der Waals surface area contributed by atoms with Gasteiger partial charge in [0.2, 0.25) is 0 Å². The van der Waals surface area contributed by atoms with E-state index >= 15 is 0 Å². The topological polar surface area (TPSA) is 0 Å². The predicted molar refractivity (Wildman–Crippen MR) is 99.0 cm³/mol. The molecule has 2 rings (SSSR count). The van der Waals surface area contributed by atoms with Gasteiger partial charge in [0.05, 0.1) is 16.9 Å². The summed E-state index contributed by atoms with van der Waals surface area (Å²) in [4.78, 5) is 2.87. The molecule has 0 fully saturated rings. The molecule has 0 bridgehead atoms. The van der Waals surface area contributed by atoms with Gasteiger partial charge in [-0.3, -0.25) is 0 Å². The molecule has 2 heterocycles. The van der Waals surface area contributed by atoms with Gasteiger partial charge in [0.1, 0.15) is 0 Å². The molecule has 0 aromatic rings. The average molecular weight is 351 g/mol. The Kier molecular flexibility index (Phi) is 6.16. The van der Waals surface area contributed by atoms with E-state index < -0.39 is 0 Å². The van der Waals surface area contributed by atoms with Crippen molar-refractivity contribution in [3.8, 4) is 0 Å². The van der Waals surface area contributed by atoms with Crippen LogP contribution in [-0.4, -0.2) is 12.5 Å². The Bertz CT molecular complexity index is 425. The molecule has 0 atom stereocenters. The SMILES string of the molecule is CSC1=C(C)S/C(=C/C=C2\SC(C)=C(SC)S2)S1. The molecule has 0 nitrogen and oxygen atoms in total. The molecular formula is C12H14S6. The molecule has 0 aromatic carbocycles. The fourth-order valence-electron chi connectivity index (χ4n) is 1.40. The molecule has 0 aromatic heterocycles. The summed E-state index contributed by atoms with van der Waals surface area (Å²) >= 11 is 11.3. The molecule has 0 unspecified atom stereocenters. The molecule has 0 amide bonds. The number of rotatable bonds is 3. The number of thioether (sulfide) groups is 6. The fraction of sp³-hybridized carbons (Fsp3) is 0.333. The van der Waals surface area contributed by atoms with Gasteiger partial charge in [-0.25, -0.2) is 0 Å². The number of allylic oxidation sites excluding steroid dienone is 4. The van der Waals surface area contributed by atoms with Gasteiger partial charge in [-0.2, -0.15) is 0 Å². The maximum absolute atomic E-state index is 2.26. The van der Waals surface area contributed by atoms with Gasteiger partial charge in [0.25, 0.3) is 0 Å². The van der Waals surface area contributed by atoms with Crippen molar-refractivity contribution in [2.45, 2.75) is 13.8 Å². The van der Waals surface area contributed by atoms with Crippen molar-refractivity contribution in [3.05, 3.63) is 38.9 Å². The number of hydrogen-bond acceptors (Lipinski definition) is 6. The van der Waals surface area contributed by atoms with Gasteiger partial charge in [-0.15, -0.1) is 23.5 Å². The van der Waals surface area contributed by atoms with Gasteiger partial charge in [0, 0.05) is 9.81 Å². The molecule has 2 aliphatic heterocycles. The van der Waals surface area contributed by atoms with E-state index in [1.807, 2.05) is 70.6 Å². The molecule has 0 aliphatic carbocycles. The van der Waals surface area contributed by atoms with Crippen LogP contribution >= 0.6 is 70.6 Å². The highest BCUT2D eigenvalue weighted by molar-refractivity contribution is 8.36. The van der Waals surface area contributed by atoms with Gasteiger partial charge < -0.3 is 0 Å². The molecule has 98 valence electrons. The van der Waals surface area contributed by atoms with Crippen LogP contribution in [0.4, 0.5) is 0 Å². The standard InChI is InChI=1S/C12H14S6/c1-7-11(13-3)17-9(15-7)5-6-10-16-8(2)12(14-4)18-10/h5-6H,1-4H3/b9-5-,10-6+. The summed E-state index contributed by atoms with van der Waals surface area (Å²) < 4.78 is 5.66. The Balaban J connectivity index is 1.98. The first kappa shape index (κ1) is 15.4. The third-order valence-corrected chi connectivity index (χ3v) is 9.92. The lowest BCUT2D eigenvalue weighted by Crippen LogP contribution is -1.63. The van der Waals surface area contributed by atoms with E-state index in [0.717, 1.165) is 0 Å². The summed E-state index contributed by atoms with van der Waals surface area (Å²) in [5, 5.41) is 0. The Morgan fingerprint density at radius 1 is 0.722 bits per heavy atom. The quantitative estimate of drug-likeness (QED) is 0.549. The van der Waals surface area contributed by atoms with E-state index in [0.29, 0.717) is 0 Å². The lowest BCUT2D eigenvalue weighted by atomic mass is 10.6. The van der Waals surface area contributed by atoms with Crippen molar-refractivity contribution in [2.24, 2.45) is 0 Å². The molecule has 0 saturated carbocycles. The summed E-state index contributed by atoms with van der Waals surface area (Å²) in [5.74, 6) is 0. The van der Waals surface area contributed by atoms with Crippen molar-refractivity contribution < 1.29 is 0 Å². The van der Waals surface area contributed by atoms with Crippen LogP contribution < -0.4 is 0 Å². The Morgan fingerprint density at radius 3 is 1.39 bits per heavy atom. The molecule has 0 spiro atoms. The first-order valence-electron chi connectivity index (χ1n) is 5.27. The Labute approximate surface area is 135 Å². The highest BCUT2D eigenvalue weighted by Crippen LogP contribution is 2.54. The molecule has 0 N–H and O–H groups in total. The monoisotopic (exact) mass is 350 g/mol. The fourth-order valence-corrected chi connectivity index (χ4v) is 8.29. The van der Waals surface area contributed by atoms with Crippen LogP contribution in [0.5, 0.6) is 0 Å². The predicted octanol–water partition coefficient (Wildman–Crippen LogP) is 6.73. The Hall–Kier alpha value is 1.06. The average Bonchev–Trinajstić information content (AvgIpc) is 2.89. The maximum Gasteiger partial charge on any atom is 0.0548 e. The summed E-state index contributed by atoms with van der Waals surface area (Å²) in [7, 11) is 0. The van der Waals surface area contributed by atoms with Crippen molar-refractivity contribution in [1.29, 1.82) is 0 Å². The van der Waals surface area contributed by atoms with E-state index in [9.17, 15) is 0 Å². The van der Waals surface area contributed by atoms with Crippen LogP contribution in [-0.2, 0) is 0 Å².